The van der Waals surface area contributed by atoms with E-state index in [2.05, 4.69) is 0 Å². The summed E-state index contributed by atoms with van der Waals surface area (Å²) in [7, 11) is 1.02. The molecule has 3 heteroatoms. The van der Waals surface area contributed by atoms with Crippen molar-refractivity contribution in [2.45, 2.75) is 37.7 Å². The van der Waals surface area contributed by atoms with Gasteiger partial charge in [0.05, 0.1) is 0 Å². The molecule has 0 aromatic heterocycles. The minimum atomic E-state index is -3.20. The van der Waals surface area contributed by atoms with Crippen molar-refractivity contribution in [2.75, 3.05) is 20.2 Å². The summed E-state index contributed by atoms with van der Waals surface area (Å²) in [5.41, 5.74) is 0.106. The van der Waals surface area contributed by atoms with Gasteiger partial charge >= 0.3 is 0 Å². The van der Waals surface area contributed by atoms with Crippen molar-refractivity contribution < 1.29 is 17.1 Å². The molecule has 0 radical (unpaired) electrons. The van der Waals surface area contributed by atoms with Gasteiger partial charge in [0.2, 0.25) is 0 Å². The molecule has 2 aromatic rings. The Hall–Kier alpha value is -1.35. The number of rotatable bonds is 6. The Kier molecular flexibility index (Phi) is 3.00. The molecule has 0 amide bonds. The molecule has 3 rings (SSSR count). The van der Waals surface area contributed by atoms with Crippen LogP contribution in [-0.2, 0) is 10.3 Å². The van der Waals surface area contributed by atoms with Gasteiger partial charge in [-0.2, -0.15) is 0 Å². The number of ether oxygens (including phenoxy) is 1. The van der Waals surface area contributed by atoms with Crippen LogP contribution in [0.1, 0.15) is 49.5 Å². The molecule has 0 spiro atoms. The lowest BCUT2D eigenvalue weighted by Gasteiger charge is -2.32. The summed E-state index contributed by atoms with van der Waals surface area (Å²) in [5.74, 6) is 0. The normalized spacial score (nSPS) is 36.4. The predicted octanol–water partition coefficient (Wildman–Crippen LogP) is 5.10. The molecule has 0 bridgehead atoms. The van der Waals surface area contributed by atoms with Crippen LogP contribution in [0.25, 0.3) is 0 Å². The van der Waals surface area contributed by atoms with Gasteiger partial charge in [-0.05, 0) is 62.8 Å². The first-order chi connectivity index (χ1) is 15.0. The first-order valence-electron chi connectivity index (χ1n) is 12.2. The third-order valence-electron chi connectivity index (χ3n) is 4.06. The molecule has 2 atom stereocenters. The maximum absolute atomic E-state index is 8.75. The molecular weight excluding hydrogens is 318 g/mol. The van der Waals surface area contributed by atoms with E-state index >= 15 is 0 Å². The highest BCUT2D eigenvalue weighted by molar-refractivity contribution is 6.30. The van der Waals surface area contributed by atoms with Gasteiger partial charge in [0, 0.05) is 30.0 Å². The third kappa shape index (κ3) is 3.83. The molecule has 2 nitrogen and oxygen atoms in total. The highest BCUT2D eigenvalue weighted by Gasteiger charge is 2.30. The Morgan fingerprint density at radius 3 is 2.54 bits per heavy atom. The lowest BCUT2D eigenvalue weighted by Crippen LogP contribution is -2.31. The largest absolute Gasteiger partial charge is 0.366 e. The maximum atomic E-state index is 8.75. The number of benzene rings is 2. The van der Waals surface area contributed by atoms with Crippen LogP contribution in [-0.4, -0.2) is 31.1 Å². The monoisotopic (exact) mass is 352 g/mol. The van der Waals surface area contributed by atoms with Crippen LogP contribution in [0.15, 0.2) is 54.6 Å². The van der Waals surface area contributed by atoms with Crippen molar-refractivity contribution in [1.82, 2.24) is 4.90 Å². The van der Waals surface area contributed by atoms with Crippen LogP contribution < -0.4 is 0 Å². The zero-order valence-corrected chi connectivity index (χ0v) is 14.4. The molecule has 0 saturated carbocycles. The summed E-state index contributed by atoms with van der Waals surface area (Å²) in [6, 6.07) is 12.8. The van der Waals surface area contributed by atoms with Gasteiger partial charge in [-0.1, -0.05) is 54.1 Å². The number of halogens is 1. The maximum Gasteiger partial charge on any atom is 0.115 e. The number of nitrogens with zero attached hydrogens (tertiary/aromatic N) is 1. The Bertz CT molecular complexity index is 1000. The van der Waals surface area contributed by atoms with E-state index < -0.39 is 43.8 Å². The first kappa shape index (κ1) is 9.38. The van der Waals surface area contributed by atoms with Gasteiger partial charge in [-0.25, -0.2) is 0 Å². The lowest BCUT2D eigenvalue weighted by atomic mass is 9.88. The second-order valence-electron chi connectivity index (χ2n) is 5.64. The number of likely N-dealkylation sites (tertiary alicyclic amines) is 1. The van der Waals surface area contributed by atoms with Gasteiger partial charge in [0.25, 0.3) is 0 Å². The standard InChI is InChI=1S/C21H26ClNO/c1-21(17-7-4-3-5-8-17,18-10-12-19(22)13-11-18)24-16-14-20-9-6-15-23(20)2/h3-5,7-8,10-13,20H,6,9,14-16H2,1-2H3/t20-,21-/m1/s1/i6D2,9D2,14D2,15D2,20D. The van der Waals surface area contributed by atoms with Gasteiger partial charge < -0.3 is 9.64 Å². The molecule has 24 heavy (non-hydrogen) atoms. The molecule has 2 aromatic carbocycles. The smallest absolute Gasteiger partial charge is 0.115 e. The Balaban J connectivity index is 2.04. The average molecular weight is 353 g/mol. The Morgan fingerprint density at radius 2 is 1.92 bits per heavy atom. The summed E-state index contributed by atoms with van der Waals surface area (Å²) in [6.45, 7) is -2.02. The number of hydrogen-bond acceptors (Lipinski definition) is 2. The van der Waals surface area contributed by atoms with E-state index in [1.807, 2.05) is 6.07 Å². The molecule has 128 valence electrons. The summed E-state index contributed by atoms with van der Waals surface area (Å²) in [6.07, 6.45) is -9.16. The molecule has 1 aliphatic rings. The minimum Gasteiger partial charge on any atom is -0.366 e. The fourth-order valence-corrected chi connectivity index (χ4v) is 2.71. The van der Waals surface area contributed by atoms with Crippen LogP contribution in [0.2, 0.25) is 5.02 Å². The van der Waals surface area contributed by atoms with Crippen molar-refractivity contribution in [1.29, 1.82) is 0 Å². The van der Waals surface area contributed by atoms with Crippen molar-refractivity contribution in [3.05, 3.63) is 70.7 Å². The second kappa shape index (κ2) is 7.69. The summed E-state index contributed by atoms with van der Waals surface area (Å²) in [4.78, 5) is 0.492. The van der Waals surface area contributed by atoms with Gasteiger partial charge in [0.1, 0.15) is 5.60 Å². The molecule has 1 aliphatic heterocycles. The Morgan fingerprint density at radius 1 is 1.25 bits per heavy atom. The van der Waals surface area contributed by atoms with Crippen molar-refractivity contribution in [3.8, 4) is 0 Å². The average Bonchev–Trinajstić information content (AvgIpc) is 2.83. The van der Waals surface area contributed by atoms with E-state index in [9.17, 15) is 0 Å². The molecule has 0 unspecified atom stereocenters. The fraction of sp³-hybridized carbons (Fsp3) is 0.429. The molecule has 0 N–H and O–H groups in total. The molecule has 1 saturated heterocycles. The molecule has 1 fully saturated rings. The topological polar surface area (TPSA) is 12.5 Å². The van der Waals surface area contributed by atoms with Crippen LogP contribution >= 0.6 is 11.6 Å². The zero-order valence-electron chi connectivity index (χ0n) is 22.6. The van der Waals surface area contributed by atoms with Crippen molar-refractivity contribution >= 4 is 11.6 Å². The SMILES string of the molecule is [2H]C1([2H])N(C)[C@@]([2H])(C([2H])([2H])CO[C@](C)(c2ccccc2)c2ccc(Cl)cc2)C([2H])([2H])C1([2H])[2H]. The van der Waals surface area contributed by atoms with Crippen LogP contribution in [0.5, 0.6) is 0 Å². The summed E-state index contributed by atoms with van der Waals surface area (Å²) >= 11 is 6.02. The summed E-state index contributed by atoms with van der Waals surface area (Å²) in [5, 5.41) is 0.500. The summed E-state index contributed by atoms with van der Waals surface area (Å²) < 4.78 is 80.8. The third-order valence-corrected chi connectivity index (χ3v) is 4.31. The van der Waals surface area contributed by atoms with Crippen molar-refractivity contribution in [2.24, 2.45) is 0 Å². The van der Waals surface area contributed by atoms with Gasteiger partial charge in [0.15, 0.2) is 0 Å². The second-order valence-corrected chi connectivity index (χ2v) is 6.08. The number of hydrogen-bond donors (Lipinski definition) is 0. The van der Waals surface area contributed by atoms with Crippen molar-refractivity contribution in [3.63, 3.8) is 0 Å². The van der Waals surface area contributed by atoms with E-state index in [0.717, 1.165) is 7.05 Å². The highest BCUT2D eigenvalue weighted by Crippen LogP contribution is 2.34. The predicted molar refractivity (Wildman–Crippen MR) is 101 cm³/mol. The van der Waals surface area contributed by atoms with Gasteiger partial charge in [-0.15, -0.1) is 0 Å². The minimum absolute atomic E-state index is 0.492. The zero-order chi connectivity index (χ0) is 25.1. The van der Waals surface area contributed by atoms with E-state index in [-0.39, 0.29) is 0 Å². The molecular formula is C21H26ClNO. The molecule has 1 heterocycles. The quantitative estimate of drug-likeness (QED) is 0.716. The highest BCUT2D eigenvalue weighted by atomic mass is 35.5. The van der Waals surface area contributed by atoms with E-state index in [4.69, 9.17) is 28.7 Å². The van der Waals surface area contributed by atoms with E-state index in [1.165, 1.54) is 0 Å². The fourth-order valence-electron chi connectivity index (χ4n) is 2.58. The first-order valence-corrected chi connectivity index (χ1v) is 8.04. The van der Waals surface area contributed by atoms with Gasteiger partial charge in [-0.3, -0.25) is 0 Å². The van der Waals surface area contributed by atoms with E-state index in [1.54, 1.807) is 55.5 Å². The van der Waals surface area contributed by atoms with Crippen LogP contribution in [0, 0.1) is 0 Å². The van der Waals surface area contributed by atoms with Crippen LogP contribution in [0.4, 0.5) is 0 Å². The Labute approximate surface area is 163 Å². The molecule has 0 aliphatic carbocycles. The van der Waals surface area contributed by atoms with E-state index in [0.29, 0.717) is 21.0 Å². The lowest BCUT2D eigenvalue weighted by molar-refractivity contribution is -0.0117. The van der Waals surface area contributed by atoms with Crippen LogP contribution in [0.3, 0.4) is 0 Å².